The second-order valence-electron chi connectivity index (χ2n) is 3.94. The van der Waals surface area contributed by atoms with Crippen molar-refractivity contribution in [3.63, 3.8) is 0 Å². The molecule has 0 aromatic heterocycles. The molecule has 0 fully saturated rings. The minimum atomic E-state index is -2.79. The second kappa shape index (κ2) is 6.39. The first-order chi connectivity index (χ1) is 10.8. The molecular formula is C15H13F3O3. The van der Waals surface area contributed by atoms with Crippen molar-refractivity contribution in [3.05, 3.63) is 53.3 Å². The summed E-state index contributed by atoms with van der Waals surface area (Å²) in [6.45, 7) is -2.79. The van der Waals surface area contributed by atoms with E-state index < -0.39 is 29.6 Å². The van der Waals surface area contributed by atoms with Gasteiger partial charge in [-0.05, 0) is 24.3 Å². The van der Waals surface area contributed by atoms with Crippen molar-refractivity contribution < 1.29 is 30.1 Å². The number of rotatable bonds is 5. The summed E-state index contributed by atoms with van der Waals surface area (Å²) >= 11 is 0. The Kier molecular flexibility index (Phi) is 3.76. The zero-order valence-electron chi connectivity index (χ0n) is 13.2. The summed E-state index contributed by atoms with van der Waals surface area (Å²) in [6, 6.07) is 5.01. The van der Waals surface area contributed by atoms with Crippen LogP contribution in [0.1, 0.15) is 8.30 Å². The van der Waals surface area contributed by atoms with Gasteiger partial charge < -0.3 is 14.2 Å². The molecule has 0 N–H and O–H groups in total. The van der Waals surface area contributed by atoms with Crippen molar-refractivity contribution in [2.45, 2.75) is 6.56 Å². The molecule has 0 aliphatic heterocycles. The Morgan fingerprint density at radius 2 is 1.62 bits per heavy atom. The van der Waals surface area contributed by atoms with Gasteiger partial charge in [0.2, 0.25) is 0 Å². The van der Waals surface area contributed by atoms with Crippen LogP contribution in [0.25, 0.3) is 0 Å². The molecule has 0 unspecified atom stereocenters. The van der Waals surface area contributed by atoms with E-state index in [-0.39, 0.29) is 17.2 Å². The van der Waals surface area contributed by atoms with E-state index in [0.717, 1.165) is 30.3 Å². The van der Waals surface area contributed by atoms with Crippen molar-refractivity contribution in [1.82, 2.24) is 0 Å². The molecule has 0 radical (unpaired) electrons. The Bertz CT molecular complexity index is 723. The molecule has 3 nitrogen and oxygen atoms in total. The highest BCUT2D eigenvalue weighted by Crippen LogP contribution is 2.30. The summed E-state index contributed by atoms with van der Waals surface area (Å²) in [6.07, 6.45) is 0. The van der Waals surface area contributed by atoms with Gasteiger partial charge in [0.1, 0.15) is 18.1 Å². The van der Waals surface area contributed by atoms with Crippen molar-refractivity contribution in [3.8, 4) is 17.2 Å². The molecule has 0 saturated heterocycles. The summed E-state index contributed by atoms with van der Waals surface area (Å²) in [4.78, 5) is 0. The summed E-state index contributed by atoms with van der Waals surface area (Å²) < 4.78 is 71.3. The van der Waals surface area contributed by atoms with Crippen molar-refractivity contribution in [2.75, 3.05) is 14.2 Å². The average Bonchev–Trinajstić information content (AvgIpc) is 2.51. The largest absolute Gasteiger partial charge is 0.496 e. The molecule has 2 rings (SSSR count). The fourth-order valence-corrected chi connectivity index (χ4v) is 1.63. The Hall–Kier alpha value is -2.37. The minimum Gasteiger partial charge on any atom is -0.496 e. The number of methoxy groups -OCH3 is 2. The number of hydrogen-bond acceptors (Lipinski definition) is 3. The van der Waals surface area contributed by atoms with E-state index >= 15 is 0 Å². The maximum Gasteiger partial charge on any atom is 0.169 e. The summed E-state index contributed by atoms with van der Waals surface area (Å²) in [5, 5.41) is 0. The molecule has 112 valence electrons. The van der Waals surface area contributed by atoms with Crippen LogP contribution in [-0.4, -0.2) is 14.2 Å². The average molecular weight is 300 g/mol. The third kappa shape index (κ3) is 3.21. The van der Waals surface area contributed by atoms with E-state index in [4.69, 9.17) is 17.0 Å². The highest BCUT2D eigenvalue weighted by molar-refractivity contribution is 5.41. The normalized spacial score (nSPS) is 12.4. The van der Waals surface area contributed by atoms with Gasteiger partial charge in [0.15, 0.2) is 23.1 Å². The molecular weight excluding hydrogens is 285 g/mol. The van der Waals surface area contributed by atoms with Gasteiger partial charge in [-0.1, -0.05) is 0 Å². The van der Waals surface area contributed by atoms with E-state index in [1.165, 1.54) is 14.2 Å². The molecule has 0 aliphatic rings. The predicted octanol–water partition coefficient (Wildman–Crippen LogP) is 3.70. The first-order valence-corrected chi connectivity index (χ1v) is 5.85. The lowest BCUT2D eigenvalue weighted by atomic mass is 10.2. The van der Waals surface area contributed by atoms with Gasteiger partial charge in [-0.2, -0.15) is 0 Å². The Balaban J connectivity index is 2.49. The quantitative estimate of drug-likeness (QED) is 0.842. The fourth-order valence-electron chi connectivity index (χ4n) is 1.63. The number of hydrogen-bond donors (Lipinski definition) is 0. The smallest absolute Gasteiger partial charge is 0.169 e. The van der Waals surface area contributed by atoms with Crippen LogP contribution in [0.4, 0.5) is 13.2 Å². The lowest BCUT2D eigenvalue weighted by molar-refractivity contribution is 0.269. The lowest BCUT2D eigenvalue weighted by Crippen LogP contribution is -2.04. The van der Waals surface area contributed by atoms with Crippen molar-refractivity contribution in [2.24, 2.45) is 0 Å². The molecule has 2 aromatic rings. The summed E-state index contributed by atoms with van der Waals surface area (Å²) in [5.41, 5.74) is -0.744. The Labute approximate surface area is 122 Å². The molecule has 21 heavy (non-hydrogen) atoms. The van der Waals surface area contributed by atoms with E-state index in [1.807, 2.05) is 0 Å². The van der Waals surface area contributed by atoms with Gasteiger partial charge in [0.25, 0.3) is 0 Å². The SMILES string of the molecule is [2H]C([2H])(Oc1ccc(F)cc1OC)c1c(OC)ccc(F)c1F. The van der Waals surface area contributed by atoms with Gasteiger partial charge in [-0.25, -0.2) is 13.2 Å². The third-order valence-corrected chi connectivity index (χ3v) is 2.67. The first kappa shape index (κ1) is 12.4. The third-order valence-electron chi connectivity index (χ3n) is 2.67. The molecule has 0 heterocycles. The lowest BCUT2D eigenvalue weighted by Gasteiger charge is -2.13. The van der Waals surface area contributed by atoms with Crippen LogP contribution in [0.15, 0.2) is 30.3 Å². The molecule has 6 heteroatoms. The molecule has 0 bridgehead atoms. The van der Waals surface area contributed by atoms with Crippen LogP contribution < -0.4 is 14.2 Å². The van der Waals surface area contributed by atoms with Gasteiger partial charge in [0, 0.05) is 6.07 Å². The monoisotopic (exact) mass is 300 g/mol. The van der Waals surface area contributed by atoms with Crippen LogP contribution in [0.2, 0.25) is 0 Å². The predicted molar refractivity (Wildman–Crippen MR) is 70.2 cm³/mol. The van der Waals surface area contributed by atoms with Crippen molar-refractivity contribution >= 4 is 0 Å². The van der Waals surface area contributed by atoms with E-state index in [2.05, 4.69) is 0 Å². The van der Waals surface area contributed by atoms with Crippen molar-refractivity contribution in [1.29, 1.82) is 0 Å². The maximum absolute atomic E-state index is 14.0. The van der Waals surface area contributed by atoms with Crippen LogP contribution in [0, 0.1) is 17.5 Å². The van der Waals surface area contributed by atoms with Gasteiger partial charge in [0.05, 0.1) is 22.5 Å². The van der Waals surface area contributed by atoms with Crippen LogP contribution >= 0.6 is 0 Å². The second-order valence-corrected chi connectivity index (χ2v) is 3.94. The molecule has 0 saturated carbocycles. The van der Waals surface area contributed by atoms with Gasteiger partial charge >= 0.3 is 0 Å². The highest BCUT2D eigenvalue weighted by Gasteiger charge is 2.16. The number of benzene rings is 2. The Morgan fingerprint density at radius 1 is 0.952 bits per heavy atom. The Morgan fingerprint density at radius 3 is 2.29 bits per heavy atom. The van der Waals surface area contributed by atoms with Crippen LogP contribution in [-0.2, 0) is 6.56 Å². The fraction of sp³-hybridized carbons (Fsp3) is 0.200. The van der Waals surface area contributed by atoms with E-state index in [0.29, 0.717) is 0 Å². The molecule has 0 aliphatic carbocycles. The van der Waals surface area contributed by atoms with Gasteiger partial charge in [-0.15, -0.1) is 0 Å². The molecule has 0 amide bonds. The maximum atomic E-state index is 14.0. The van der Waals surface area contributed by atoms with E-state index in [9.17, 15) is 13.2 Å². The zero-order valence-corrected chi connectivity index (χ0v) is 11.2. The van der Waals surface area contributed by atoms with E-state index in [1.54, 1.807) is 0 Å². The first-order valence-electron chi connectivity index (χ1n) is 6.85. The minimum absolute atomic E-state index is 0.0929. The standard InChI is InChI=1S/C15H13F3O3/c1-19-12-6-4-11(17)15(18)10(12)8-21-13-5-3-9(16)7-14(13)20-2/h3-7H,8H2,1-2H3/i8D2. The topological polar surface area (TPSA) is 27.7 Å². The number of halogens is 3. The zero-order chi connectivity index (χ0) is 17.2. The molecule has 0 spiro atoms. The molecule has 2 aromatic carbocycles. The van der Waals surface area contributed by atoms with Crippen LogP contribution in [0.5, 0.6) is 17.2 Å². The highest BCUT2D eigenvalue weighted by atomic mass is 19.2. The summed E-state index contributed by atoms with van der Waals surface area (Å²) in [7, 11) is 2.42. The summed E-state index contributed by atoms with van der Waals surface area (Å²) in [5.74, 6) is -3.80. The number of ether oxygens (including phenoxy) is 3. The van der Waals surface area contributed by atoms with Crippen LogP contribution in [0.3, 0.4) is 0 Å². The van der Waals surface area contributed by atoms with Gasteiger partial charge in [-0.3, -0.25) is 0 Å². The molecule has 0 atom stereocenters.